The van der Waals surface area contributed by atoms with Gasteiger partial charge in [-0.05, 0) is 36.8 Å². The van der Waals surface area contributed by atoms with Gasteiger partial charge in [-0.3, -0.25) is 0 Å². The predicted molar refractivity (Wildman–Crippen MR) is 90.7 cm³/mol. The van der Waals surface area contributed by atoms with Gasteiger partial charge in [0.15, 0.2) is 11.5 Å². The minimum absolute atomic E-state index is 0.546. The molecule has 0 atom stereocenters. The summed E-state index contributed by atoms with van der Waals surface area (Å²) in [6.45, 7) is 6.02. The summed E-state index contributed by atoms with van der Waals surface area (Å²) < 4.78 is 21.8. The highest BCUT2D eigenvalue weighted by Gasteiger charge is 2.14. The molecule has 0 bridgehead atoms. The molecule has 0 aliphatic heterocycles. The Morgan fingerprint density at radius 3 is 1.96 bits per heavy atom. The van der Waals surface area contributed by atoms with Crippen LogP contribution in [0.2, 0.25) is 0 Å². The first-order valence-corrected chi connectivity index (χ1v) is 7.28. The van der Waals surface area contributed by atoms with E-state index in [2.05, 4.69) is 6.58 Å². The molecule has 2 aromatic rings. The van der Waals surface area contributed by atoms with Crippen LogP contribution in [0.25, 0.3) is 0 Å². The first-order valence-electron chi connectivity index (χ1n) is 7.28. The van der Waals surface area contributed by atoms with Crippen LogP contribution in [0.5, 0.6) is 23.0 Å². The molecular formula is C19H22O4. The van der Waals surface area contributed by atoms with Gasteiger partial charge in [0, 0.05) is 6.42 Å². The summed E-state index contributed by atoms with van der Waals surface area (Å²) >= 11 is 0. The highest BCUT2D eigenvalue weighted by molar-refractivity contribution is 5.54. The van der Waals surface area contributed by atoms with Crippen molar-refractivity contribution in [2.75, 3.05) is 21.3 Å². The van der Waals surface area contributed by atoms with Gasteiger partial charge in [0.25, 0.3) is 0 Å². The Morgan fingerprint density at radius 1 is 0.913 bits per heavy atom. The van der Waals surface area contributed by atoms with E-state index in [1.165, 1.54) is 5.56 Å². The van der Waals surface area contributed by atoms with E-state index in [9.17, 15) is 0 Å². The third-order valence-corrected chi connectivity index (χ3v) is 3.41. The number of allylic oxidation sites excluding steroid dienone is 1. The molecule has 23 heavy (non-hydrogen) atoms. The fourth-order valence-corrected chi connectivity index (χ4v) is 2.27. The van der Waals surface area contributed by atoms with Crippen LogP contribution in [-0.4, -0.2) is 21.3 Å². The van der Waals surface area contributed by atoms with Crippen LogP contribution >= 0.6 is 0 Å². The maximum absolute atomic E-state index is 5.77. The number of methoxy groups -OCH3 is 3. The molecule has 122 valence electrons. The van der Waals surface area contributed by atoms with Gasteiger partial charge in [-0.25, -0.2) is 0 Å². The van der Waals surface area contributed by atoms with Crippen molar-refractivity contribution in [3.63, 3.8) is 0 Å². The van der Waals surface area contributed by atoms with Crippen LogP contribution < -0.4 is 18.9 Å². The van der Waals surface area contributed by atoms with E-state index in [-0.39, 0.29) is 0 Å². The molecule has 0 aliphatic carbocycles. The third kappa shape index (κ3) is 4.19. The van der Waals surface area contributed by atoms with Crippen LogP contribution in [0.3, 0.4) is 0 Å². The van der Waals surface area contributed by atoms with E-state index in [1.54, 1.807) is 21.3 Å². The fraction of sp³-hybridized carbons (Fsp3) is 0.263. The van der Waals surface area contributed by atoms with Crippen molar-refractivity contribution in [1.29, 1.82) is 0 Å². The zero-order chi connectivity index (χ0) is 16.8. The average Bonchev–Trinajstić information content (AvgIpc) is 2.55. The smallest absolute Gasteiger partial charge is 0.203 e. The van der Waals surface area contributed by atoms with Crippen molar-refractivity contribution in [3.8, 4) is 23.0 Å². The first kappa shape index (κ1) is 16.7. The number of hydrogen-bond acceptors (Lipinski definition) is 4. The minimum atomic E-state index is 0.546. The molecule has 0 unspecified atom stereocenters. The van der Waals surface area contributed by atoms with E-state index >= 15 is 0 Å². The van der Waals surface area contributed by atoms with E-state index < -0.39 is 0 Å². The van der Waals surface area contributed by atoms with E-state index in [0.717, 1.165) is 11.3 Å². The molecular weight excluding hydrogens is 292 g/mol. The van der Waals surface area contributed by atoms with Gasteiger partial charge in [-0.2, -0.15) is 0 Å². The third-order valence-electron chi connectivity index (χ3n) is 3.41. The summed E-state index contributed by atoms with van der Waals surface area (Å²) in [5.41, 5.74) is 2.16. The Kier molecular flexibility index (Phi) is 5.52. The van der Waals surface area contributed by atoms with Gasteiger partial charge in [0.2, 0.25) is 5.75 Å². The SMILES string of the molecule is C=C(Cc1cc(OC)c(OC)c(OC)c1)Oc1ccc(C)cc1. The molecule has 0 heterocycles. The highest BCUT2D eigenvalue weighted by atomic mass is 16.5. The van der Waals surface area contributed by atoms with Crippen molar-refractivity contribution >= 4 is 0 Å². The lowest BCUT2D eigenvalue weighted by atomic mass is 10.1. The summed E-state index contributed by atoms with van der Waals surface area (Å²) in [5, 5.41) is 0. The number of hydrogen-bond donors (Lipinski definition) is 0. The van der Waals surface area contributed by atoms with Crippen molar-refractivity contribution in [2.24, 2.45) is 0 Å². The number of ether oxygens (including phenoxy) is 4. The van der Waals surface area contributed by atoms with Crippen molar-refractivity contribution in [3.05, 3.63) is 59.9 Å². The second-order valence-electron chi connectivity index (χ2n) is 5.16. The van der Waals surface area contributed by atoms with Crippen LogP contribution in [0.4, 0.5) is 0 Å². The molecule has 2 rings (SSSR count). The standard InChI is InChI=1S/C19H22O4/c1-13-6-8-16(9-7-13)23-14(2)10-15-11-17(20-3)19(22-5)18(12-15)21-4/h6-9,11-12H,2,10H2,1,3-5H3. The zero-order valence-corrected chi connectivity index (χ0v) is 14.0. The maximum atomic E-state index is 5.77. The zero-order valence-electron chi connectivity index (χ0n) is 14.0. The predicted octanol–water partition coefficient (Wildman–Crippen LogP) is 4.16. The van der Waals surface area contributed by atoms with Gasteiger partial charge >= 0.3 is 0 Å². The van der Waals surface area contributed by atoms with Crippen LogP contribution in [0, 0.1) is 6.92 Å². The lowest BCUT2D eigenvalue weighted by Crippen LogP contribution is -2.01. The van der Waals surface area contributed by atoms with E-state index in [4.69, 9.17) is 18.9 Å². The van der Waals surface area contributed by atoms with Crippen LogP contribution in [0.15, 0.2) is 48.7 Å². The van der Waals surface area contributed by atoms with Gasteiger partial charge < -0.3 is 18.9 Å². The number of aryl methyl sites for hydroxylation is 1. The summed E-state index contributed by atoms with van der Waals surface area (Å²) in [4.78, 5) is 0. The van der Waals surface area contributed by atoms with Gasteiger partial charge in [0.1, 0.15) is 11.5 Å². The van der Waals surface area contributed by atoms with E-state index in [0.29, 0.717) is 29.4 Å². The summed E-state index contributed by atoms with van der Waals surface area (Å²) in [7, 11) is 4.77. The van der Waals surface area contributed by atoms with Crippen molar-refractivity contribution < 1.29 is 18.9 Å². The lowest BCUT2D eigenvalue weighted by Gasteiger charge is -2.15. The molecule has 0 aromatic heterocycles. The second-order valence-corrected chi connectivity index (χ2v) is 5.16. The Hall–Kier alpha value is -2.62. The molecule has 4 heteroatoms. The average molecular weight is 314 g/mol. The monoisotopic (exact) mass is 314 g/mol. The normalized spacial score (nSPS) is 10.1. The molecule has 2 aromatic carbocycles. The van der Waals surface area contributed by atoms with Crippen molar-refractivity contribution in [1.82, 2.24) is 0 Å². The van der Waals surface area contributed by atoms with Gasteiger partial charge in [-0.1, -0.05) is 24.3 Å². The highest BCUT2D eigenvalue weighted by Crippen LogP contribution is 2.38. The Labute approximate surface area is 137 Å². The fourth-order valence-electron chi connectivity index (χ4n) is 2.27. The Morgan fingerprint density at radius 2 is 1.48 bits per heavy atom. The summed E-state index contributed by atoms with van der Waals surface area (Å²) in [6.07, 6.45) is 0.546. The van der Waals surface area contributed by atoms with Crippen molar-refractivity contribution in [2.45, 2.75) is 13.3 Å². The molecule has 0 saturated heterocycles. The first-order chi connectivity index (χ1) is 11.1. The molecule has 4 nitrogen and oxygen atoms in total. The summed E-state index contributed by atoms with van der Waals surface area (Å²) in [5.74, 6) is 3.22. The number of rotatable bonds is 7. The van der Waals surface area contributed by atoms with Crippen LogP contribution in [0.1, 0.15) is 11.1 Å². The lowest BCUT2D eigenvalue weighted by molar-refractivity contribution is 0.323. The Bertz CT molecular complexity index is 649. The molecule has 0 fully saturated rings. The largest absolute Gasteiger partial charge is 0.493 e. The van der Waals surface area contributed by atoms with Gasteiger partial charge in [-0.15, -0.1) is 0 Å². The minimum Gasteiger partial charge on any atom is -0.493 e. The second kappa shape index (κ2) is 7.58. The maximum Gasteiger partial charge on any atom is 0.203 e. The Balaban J connectivity index is 2.15. The van der Waals surface area contributed by atoms with Gasteiger partial charge in [0.05, 0.1) is 21.3 Å². The molecule has 0 radical (unpaired) electrons. The molecule has 0 spiro atoms. The summed E-state index contributed by atoms with van der Waals surface area (Å²) in [6, 6.07) is 11.6. The molecule has 0 amide bonds. The topological polar surface area (TPSA) is 36.9 Å². The molecule has 0 N–H and O–H groups in total. The van der Waals surface area contributed by atoms with E-state index in [1.807, 2.05) is 43.3 Å². The quantitative estimate of drug-likeness (QED) is 0.719. The number of benzene rings is 2. The molecule has 0 aliphatic rings. The van der Waals surface area contributed by atoms with Crippen LogP contribution in [-0.2, 0) is 6.42 Å². The molecule has 0 saturated carbocycles.